The molecule has 4 nitrogen and oxygen atoms in total. The van der Waals surface area contributed by atoms with Gasteiger partial charge in [-0.15, -0.1) is 0 Å². The first kappa shape index (κ1) is 15.6. The minimum atomic E-state index is -4.54. The van der Waals surface area contributed by atoms with Gasteiger partial charge in [-0.2, -0.15) is 13.2 Å². The standard InChI is InChI=1S/C13H13F3N2O2S/c1-2-21(19,20)12-17-8-11(10-6-4-3-5-7-10)18(12)9-13(14,15)16/h3-8H,2,9H2,1H3. The van der Waals surface area contributed by atoms with E-state index in [1.54, 1.807) is 30.3 Å². The van der Waals surface area contributed by atoms with Crippen molar-refractivity contribution in [2.45, 2.75) is 24.8 Å². The SMILES string of the molecule is CCS(=O)(=O)c1ncc(-c2ccccc2)n1CC(F)(F)F. The average Bonchev–Trinajstić information content (AvgIpc) is 2.82. The lowest BCUT2D eigenvalue weighted by molar-refractivity contribution is -0.141. The lowest BCUT2D eigenvalue weighted by atomic mass is 10.2. The molecule has 21 heavy (non-hydrogen) atoms. The Morgan fingerprint density at radius 1 is 1.19 bits per heavy atom. The first-order valence-corrected chi connectivity index (χ1v) is 7.80. The van der Waals surface area contributed by atoms with E-state index in [0.29, 0.717) is 10.1 Å². The Morgan fingerprint density at radius 2 is 1.81 bits per heavy atom. The number of aromatic nitrogens is 2. The van der Waals surface area contributed by atoms with E-state index < -0.39 is 27.7 Å². The molecule has 0 fully saturated rings. The van der Waals surface area contributed by atoms with Crippen molar-refractivity contribution in [1.29, 1.82) is 0 Å². The highest BCUT2D eigenvalue weighted by molar-refractivity contribution is 7.91. The Labute approximate surface area is 120 Å². The van der Waals surface area contributed by atoms with Crippen LogP contribution in [0.3, 0.4) is 0 Å². The fraction of sp³-hybridized carbons (Fsp3) is 0.308. The Balaban J connectivity index is 2.63. The van der Waals surface area contributed by atoms with Crippen LogP contribution in [0.2, 0.25) is 0 Å². The second-order valence-corrected chi connectivity index (χ2v) is 6.57. The van der Waals surface area contributed by atoms with Crippen molar-refractivity contribution < 1.29 is 21.6 Å². The predicted molar refractivity (Wildman–Crippen MR) is 71.4 cm³/mol. The van der Waals surface area contributed by atoms with Crippen molar-refractivity contribution in [2.24, 2.45) is 0 Å². The highest BCUT2D eigenvalue weighted by Gasteiger charge is 2.33. The van der Waals surface area contributed by atoms with Crippen LogP contribution in [0, 0.1) is 0 Å². The Hall–Kier alpha value is -1.83. The summed E-state index contributed by atoms with van der Waals surface area (Å²) in [4.78, 5) is 3.69. The molecular weight excluding hydrogens is 305 g/mol. The zero-order chi connectivity index (χ0) is 15.7. The van der Waals surface area contributed by atoms with Gasteiger partial charge in [0.05, 0.1) is 17.6 Å². The van der Waals surface area contributed by atoms with Crippen molar-refractivity contribution in [2.75, 3.05) is 5.75 Å². The van der Waals surface area contributed by atoms with E-state index in [4.69, 9.17) is 0 Å². The number of nitrogens with zero attached hydrogens (tertiary/aromatic N) is 2. The number of hydrogen-bond donors (Lipinski definition) is 0. The molecule has 8 heteroatoms. The summed E-state index contributed by atoms with van der Waals surface area (Å²) in [6.07, 6.45) is -3.38. The van der Waals surface area contributed by atoms with Crippen LogP contribution in [-0.4, -0.2) is 29.9 Å². The molecule has 1 heterocycles. The van der Waals surface area contributed by atoms with Crippen molar-refractivity contribution in [3.8, 4) is 11.3 Å². The quantitative estimate of drug-likeness (QED) is 0.871. The Kier molecular flexibility index (Phi) is 4.08. The highest BCUT2D eigenvalue weighted by Crippen LogP contribution is 2.27. The lowest BCUT2D eigenvalue weighted by Crippen LogP contribution is -2.22. The summed E-state index contributed by atoms with van der Waals surface area (Å²) in [7, 11) is -3.84. The van der Waals surface area contributed by atoms with Crippen molar-refractivity contribution in [1.82, 2.24) is 9.55 Å². The van der Waals surface area contributed by atoms with Crippen LogP contribution in [0.1, 0.15) is 6.92 Å². The largest absolute Gasteiger partial charge is 0.406 e. The maximum absolute atomic E-state index is 12.7. The molecule has 0 spiro atoms. The third-order valence-electron chi connectivity index (χ3n) is 2.88. The summed E-state index contributed by atoms with van der Waals surface area (Å²) in [5, 5.41) is -0.554. The van der Waals surface area contributed by atoms with Crippen LogP contribution in [0.4, 0.5) is 13.2 Å². The van der Waals surface area contributed by atoms with Crippen LogP contribution >= 0.6 is 0 Å². The third kappa shape index (κ3) is 3.44. The molecule has 0 saturated carbocycles. The van der Waals surface area contributed by atoms with Crippen LogP contribution in [-0.2, 0) is 16.4 Å². The molecule has 1 aromatic carbocycles. The lowest BCUT2D eigenvalue weighted by Gasteiger charge is -2.14. The molecule has 0 aliphatic rings. The molecule has 114 valence electrons. The van der Waals surface area contributed by atoms with Gasteiger partial charge in [0.15, 0.2) is 0 Å². The minimum absolute atomic E-state index is 0.125. The van der Waals surface area contributed by atoms with E-state index in [0.717, 1.165) is 6.20 Å². The maximum atomic E-state index is 12.7. The molecule has 2 aromatic rings. The van der Waals surface area contributed by atoms with Gasteiger partial charge in [0.1, 0.15) is 6.54 Å². The van der Waals surface area contributed by atoms with Crippen LogP contribution in [0.5, 0.6) is 0 Å². The summed E-state index contributed by atoms with van der Waals surface area (Å²) >= 11 is 0. The summed E-state index contributed by atoms with van der Waals surface area (Å²) in [5.41, 5.74) is 0.603. The van der Waals surface area contributed by atoms with Gasteiger partial charge in [-0.3, -0.25) is 0 Å². The maximum Gasteiger partial charge on any atom is 0.406 e. The summed E-state index contributed by atoms with van der Waals surface area (Å²) in [5.74, 6) is -0.309. The van der Waals surface area contributed by atoms with Gasteiger partial charge >= 0.3 is 6.18 Å². The van der Waals surface area contributed by atoms with Gasteiger partial charge in [0, 0.05) is 0 Å². The zero-order valence-corrected chi connectivity index (χ0v) is 11.9. The second-order valence-electron chi connectivity index (χ2n) is 4.40. The topological polar surface area (TPSA) is 52.0 Å². The van der Waals surface area contributed by atoms with E-state index in [2.05, 4.69) is 4.98 Å². The molecule has 1 aromatic heterocycles. The first-order valence-electron chi connectivity index (χ1n) is 6.15. The molecular formula is C13H13F3N2O2S. The molecule has 0 aliphatic heterocycles. The van der Waals surface area contributed by atoms with Gasteiger partial charge in [0.2, 0.25) is 15.0 Å². The van der Waals surface area contributed by atoms with E-state index >= 15 is 0 Å². The number of sulfone groups is 1. The number of benzene rings is 1. The molecule has 0 unspecified atom stereocenters. The molecule has 0 N–H and O–H groups in total. The highest BCUT2D eigenvalue weighted by atomic mass is 32.2. The van der Waals surface area contributed by atoms with Gasteiger partial charge in [-0.25, -0.2) is 13.4 Å². The average molecular weight is 318 g/mol. The van der Waals surface area contributed by atoms with Crippen LogP contribution < -0.4 is 0 Å². The normalized spacial score (nSPS) is 12.6. The van der Waals surface area contributed by atoms with Gasteiger partial charge in [-0.1, -0.05) is 37.3 Å². The zero-order valence-electron chi connectivity index (χ0n) is 11.1. The summed E-state index contributed by atoms with van der Waals surface area (Å²) < 4.78 is 62.7. The Morgan fingerprint density at radius 3 is 2.33 bits per heavy atom. The van der Waals surface area contributed by atoms with Gasteiger partial charge in [0.25, 0.3) is 0 Å². The molecule has 0 aliphatic carbocycles. The van der Waals surface area contributed by atoms with Gasteiger partial charge < -0.3 is 4.57 Å². The van der Waals surface area contributed by atoms with Crippen LogP contribution in [0.25, 0.3) is 11.3 Å². The van der Waals surface area contributed by atoms with Crippen LogP contribution in [0.15, 0.2) is 41.7 Å². The van der Waals surface area contributed by atoms with E-state index in [9.17, 15) is 21.6 Å². The molecule has 0 atom stereocenters. The minimum Gasteiger partial charge on any atom is -0.306 e. The number of hydrogen-bond acceptors (Lipinski definition) is 3. The molecule has 0 amide bonds. The summed E-state index contributed by atoms with van der Waals surface area (Å²) in [6.45, 7) is -0.0318. The molecule has 0 radical (unpaired) electrons. The third-order valence-corrected chi connectivity index (χ3v) is 4.53. The van der Waals surface area contributed by atoms with Crippen molar-refractivity contribution in [3.63, 3.8) is 0 Å². The van der Waals surface area contributed by atoms with Crippen molar-refractivity contribution >= 4 is 9.84 Å². The smallest absolute Gasteiger partial charge is 0.306 e. The number of imidazole rings is 1. The molecule has 2 rings (SSSR count). The van der Waals surface area contributed by atoms with Gasteiger partial charge in [-0.05, 0) is 5.56 Å². The molecule has 0 bridgehead atoms. The fourth-order valence-corrected chi connectivity index (χ4v) is 2.88. The predicted octanol–water partition coefficient (Wildman–Crippen LogP) is 2.91. The monoisotopic (exact) mass is 318 g/mol. The summed E-state index contributed by atoms with van der Waals surface area (Å²) in [6, 6.07) is 8.25. The van der Waals surface area contributed by atoms with E-state index in [1.807, 2.05) is 0 Å². The van der Waals surface area contributed by atoms with E-state index in [1.165, 1.54) is 6.92 Å². The number of halogens is 3. The van der Waals surface area contributed by atoms with Crippen molar-refractivity contribution in [3.05, 3.63) is 36.5 Å². The Bertz CT molecular complexity index is 722. The number of alkyl halides is 3. The fourth-order valence-electron chi connectivity index (χ4n) is 1.91. The number of rotatable bonds is 4. The second kappa shape index (κ2) is 5.51. The van der Waals surface area contributed by atoms with E-state index in [-0.39, 0.29) is 11.4 Å². The molecule has 0 saturated heterocycles. The first-order chi connectivity index (χ1) is 9.74.